The highest BCUT2D eigenvalue weighted by molar-refractivity contribution is 6.34. The van der Waals surface area contributed by atoms with E-state index in [0.717, 1.165) is 0 Å². The molecule has 14 heavy (non-hydrogen) atoms. The van der Waals surface area contributed by atoms with E-state index in [1.807, 2.05) is 0 Å². The van der Waals surface area contributed by atoms with Gasteiger partial charge in [0.2, 0.25) is 0 Å². The number of nitrogens with two attached hydrogens (primary N) is 1. The molecule has 0 aromatic heterocycles. The minimum Gasteiger partial charge on any atom is -0.317 e. The van der Waals surface area contributed by atoms with E-state index in [4.69, 9.17) is 28.9 Å². The molecule has 1 atom stereocenters. The van der Waals surface area contributed by atoms with Gasteiger partial charge in [0, 0.05) is 10.0 Å². The third kappa shape index (κ3) is 2.35. The van der Waals surface area contributed by atoms with Crippen LogP contribution < -0.4 is 5.73 Å². The fourth-order valence-corrected chi connectivity index (χ4v) is 1.52. The summed E-state index contributed by atoms with van der Waals surface area (Å²) < 4.78 is 25.1. The van der Waals surface area contributed by atoms with Gasteiger partial charge in [-0.1, -0.05) is 23.2 Å². The molecule has 0 aliphatic heterocycles. The predicted molar refractivity (Wildman–Crippen MR) is 54.0 cm³/mol. The van der Waals surface area contributed by atoms with Gasteiger partial charge in [-0.25, -0.2) is 8.78 Å². The average molecular weight is 240 g/mol. The number of alkyl halides is 2. The van der Waals surface area contributed by atoms with E-state index < -0.39 is 12.0 Å². The molecule has 1 unspecified atom stereocenters. The lowest BCUT2D eigenvalue weighted by Gasteiger charge is -2.24. The van der Waals surface area contributed by atoms with Crippen molar-refractivity contribution in [3.8, 4) is 0 Å². The molecule has 78 valence electrons. The highest BCUT2D eigenvalue weighted by atomic mass is 35.5. The zero-order valence-electron chi connectivity index (χ0n) is 7.40. The lowest BCUT2D eigenvalue weighted by molar-refractivity contribution is 0.0625. The Labute approximate surface area is 90.8 Å². The molecule has 0 saturated carbocycles. The van der Waals surface area contributed by atoms with Gasteiger partial charge in [-0.3, -0.25) is 0 Å². The van der Waals surface area contributed by atoms with Crippen LogP contribution in [0, 0.1) is 0 Å². The molecule has 0 fully saturated rings. The molecule has 1 rings (SSSR count). The van der Waals surface area contributed by atoms with Gasteiger partial charge in [0.25, 0.3) is 6.43 Å². The summed E-state index contributed by atoms with van der Waals surface area (Å²) in [6.07, 6.45) is -2.67. The Hall–Kier alpha value is -0.380. The van der Waals surface area contributed by atoms with E-state index >= 15 is 0 Å². The molecule has 0 spiro atoms. The van der Waals surface area contributed by atoms with Crippen LogP contribution in [0.5, 0.6) is 0 Å². The third-order valence-corrected chi connectivity index (χ3v) is 2.37. The smallest absolute Gasteiger partial charge is 0.260 e. The molecule has 0 amide bonds. The first-order valence-electron chi connectivity index (χ1n) is 3.87. The fourth-order valence-electron chi connectivity index (χ4n) is 0.991. The van der Waals surface area contributed by atoms with Crippen LogP contribution in [0.4, 0.5) is 8.78 Å². The van der Waals surface area contributed by atoms with E-state index in [9.17, 15) is 8.78 Å². The number of rotatable bonds is 2. The molecule has 2 N–H and O–H groups in total. The van der Waals surface area contributed by atoms with Gasteiger partial charge in [-0.05, 0) is 30.7 Å². The Morgan fingerprint density at radius 3 is 2.00 bits per heavy atom. The summed E-state index contributed by atoms with van der Waals surface area (Å²) >= 11 is 11.4. The van der Waals surface area contributed by atoms with E-state index in [1.54, 1.807) is 0 Å². The Bertz CT molecular complexity index is 319. The average Bonchev–Trinajstić information content (AvgIpc) is 2.01. The van der Waals surface area contributed by atoms with Crippen LogP contribution in [0.1, 0.15) is 12.5 Å². The molecule has 0 aliphatic rings. The van der Waals surface area contributed by atoms with Crippen molar-refractivity contribution in [3.05, 3.63) is 33.8 Å². The van der Waals surface area contributed by atoms with Gasteiger partial charge in [0.05, 0.1) is 5.54 Å². The Morgan fingerprint density at radius 1 is 1.21 bits per heavy atom. The van der Waals surface area contributed by atoms with Crippen molar-refractivity contribution in [2.45, 2.75) is 18.9 Å². The van der Waals surface area contributed by atoms with Crippen molar-refractivity contribution in [2.75, 3.05) is 0 Å². The zero-order valence-corrected chi connectivity index (χ0v) is 8.91. The standard InChI is InChI=1S/C9H9Cl2F2N/c1-9(14,8(12)13)5-2-6(10)4-7(11)3-5/h2-4,8H,14H2,1H3. The summed E-state index contributed by atoms with van der Waals surface area (Å²) in [5.41, 5.74) is 3.95. The van der Waals surface area contributed by atoms with Crippen LogP contribution in [0.15, 0.2) is 18.2 Å². The van der Waals surface area contributed by atoms with Gasteiger partial charge in [0.1, 0.15) is 0 Å². The number of benzene rings is 1. The summed E-state index contributed by atoms with van der Waals surface area (Å²) in [7, 11) is 0. The number of hydrogen-bond acceptors (Lipinski definition) is 1. The minimum atomic E-state index is -2.67. The van der Waals surface area contributed by atoms with E-state index in [1.165, 1.54) is 25.1 Å². The number of hydrogen-bond donors (Lipinski definition) is 1. The summed E-state index contributed by atoms with van der Waals surface area (Å²) in [6, 6.07) is 4.24. The van der Waals surface area contributed by atoms with Crippen LogP contribution in [-0.2, 0) is 5.54 Å². The monoisotopic (exact) mass is 239 g/mol. The van der Waals surface area contributed by atoms with Crippen LogP contribution in [0.2, 0.25) is 10.0 Å². The van der Waals surface area contributed by atoms with E-state index in [0.29, 0.717) is 10.0 Å². The quantitative estimate of drug-likeness (QED) is 0.841. The molecule has 1 aromatic carbocycles. The molecule has 0 heterocycles. The molecule has 0 aliphatic carbocycles. The maximum atomic E-state index is 12.6. The Morgan fingerprint density at radius 2 is 1.64 bits per heavy atom. The molecule has 1 aromatic rings. The highest BCUT2D eigenvalue weighted by Crippen LogP contribution is 2.29. The third-order valence-electron chi connectivity index (χ3n) is 1.94. The second kappa shape index (κ2) is 4.01. The second-order valence-electron chi connectivity index (χ2n) is 3.24. The lowest BCUT2D eigenvalue weighted by atomic mass is 9.94. The van der Waals surface area contributed by atoms with Crippen molar-refractivity contribution in [1.82, 2.24) is 0 Å². The zero-order chi connectivity index (χ0) is 10.9. The van der Waals surface area contributed by atoms with Gasteiger partial charge in [-0.15, -0.1) is 0 Å². The van der Waals surface area contributed by atoms with Crippen LogP contribution in [-0.4, -0.2) is 6.43 Å². The topological polar surface area (TPSA) is 26.0 Å². The number of halogens is 4. The Balaban J connectivity index is 3.18. The normalized spacial score (nSPS) is 15.6. The SMILES string of the molecule is CC(N)(c1cc(Cl)cc(Cl)c1)C(F)F. The Kier molecular flexibility index (Phi) is 3.35. The maximum Gasteiger partial charge on any atom is 0.260 e. The molecule has 0 saturated heterocycles. The summed E-state index contributed by atoms with van der Waals surface area (Å²) in [5, 5.41) is 0.592. The molecule has 5 heteroatoms. The maximum absolute atomic E-state index is 12.6. The molecular formula is C9H9Cl2F2N. The van der Waals surface area contributed by atoms with Gasteiger partial charge >= 0.3 is 0 Å². The van der Waals surface area contributed by atoms with Crippen molar-refractivity contribution >= 4 is 23.2 Å². The second-order valence-corrected chi connectivity index (χ2v) is 4.11. The van der Waals surface area contributed by atoms with Gasteiger partial charge in [0.15, 0.2) is 0 Å². The molecule has 0 radical (unpaired) electrons. The highest BCUT2D eigenvalue weighted by Gasteiger charge is 2.32. The summed E-state index contributed by atoms with van der Waals surface area (Å²) in [5.74, 6) is 0. The minimum absolute atomic E-state index is 0.227. The van der Waals surface area contributed by atoms with Crippen LogP contribution >= 0.6 is 23.2 Å². The first-order chi connectivity index (χ1) is 6.34. The van der Waals surface area contributed by atoms with Crippen LogP contribution in [0.3, 0.4) is 0 Å². The molecule has 1 nitrogen and oxygen atoms in total. The summed E-state index contributed by atoms with van der Waals surface area (Å²) in [6.45, 7) is 1.24. The van der Waals surface area contributed by atoms with Gasteiger partial charge < -0.3 is 5.73 Å². The fraction of sp³-hybridized carbons (Fsp3) is 0.333. The molecular weight excluding hydrogens is 231 g/mol. The molecule has 0 bridgehead atoms. The van der Waals surface area contributed by atoms with Crippen molar-refractivity contribution < 1.29 is 8.78 Å². The van der Waals surface area contributed by atoms with Crippen molar-refractivity contribution in [2.24, 2.45) is 5.73 Å². The first kappa shape index (κ1) is 11.7. The largest absolute Gasteiger partial charge is 0.317 e. The lowest BCUT2D eigenvalue weighted by Crippen LogP contribution is -2.40. The van der Waals surface area contributed by atoms with Crippen molar-refractivity contribution in [1.29, 1.82) is 0 Å². The van der Waals surface area contributed by atoms with Crippen LogP contribution in [0.25, 0.3) is 0 Å². The predicted octanol–water partition coefficient (Wildman–Crippen LogP) is 3.43. The summed E-state index contributed by atoms with van der Waals surface area (Å²) in [4.78, 5) is 0. The van der Waals surface area contributed by atoms with Gasteiger partial charge in [-0.2, -0.15) is 0 Å². The first-order valence-corrected chi connectivity index (χ1v) is 4.63. The van der Waals surface area contributed by atoms with E-state index in [2.05, 4.69) is 0 Å². The van der Waals surface area contributed by atoms with Crippen molar-refractivity contribution in [3.63, 3.8) is 0 Å². The van der Waals surface area contributed by atoms with E-state index in [-0.39, 0.29) is 5.56 Å².